The summed E-state index contributed by atoms with van der Waals surface area (Å²) < 4.78 is 0.644. The fourth-order valence-electron chi connectivity index (χ4n) is 2.77. The smallest absolute Gasteiger partial charge is 0.326 e. The number of hydrogen-bond donors (Lipinski definition) is 3. The molecule has 132 valence electrons. The molecule has 26 heavy (non-hydrogen) atoms. The van der Waals surface area contributed by atoms with Crippen molar-refractivity contribution < 1.29 is 19.8 Å². The van der Waals surface area contributed by atoms with Crippen molar-refractivity contribution in [3.8, 4) is 5.75 Å². The second kappa shape index (κ2) is 7.58. The minimum atomic E-state index is -1.14. The number of halogens is 1. The van der Waals surface area contributed by atoms with E-state index in [1.54, 1.807) is 24.3 Å². The Morgan fingerprint density at radius 1 is 1.00 bits per heavy atom. The van der Waals surface area contributed by atoms with Gasteiger partial charge in [-0.3, -0.25) is 4.79 Å². The molecule has 0 aliphatic heterocycles. The number of aromatic hydroxyl groups is 1. The Labute approximate surface area is 158 Å². The van der Waals surface area contributed by atoms with Gasteiger partial charge in [-0.05, 0) is 17.0 Å². The lowest BCUT2D eigenvalue weighted by molar-refractivity contribution is -0.139. The van der Waals surface area contributed by atoms with E-state index in [1.165, 1.54) is 6.07 Å². The number of fused-ring (bicyclic) bond motifs is 1. The van der Waals surface area contributed by atoms with Crippen LogP contribution in [0.3, 0.4) is 0 Å². The molecule has 0 saturated carbocycles. The number of rotatable bonds is 5. The summed E-state index contributed by atoms with van der Waals surface area (Å²) in [6, 6.07) is 16.5. The summed E-state index contributed by atoms with van der Waals surface area (Å²) in [7, 11) is 0. The second-order valence-corrected chi connectivity index (χ2v) is 6.71. The molecule has 0 aromatic heterocycles. The van der Waals surface area contributed by atoms with Crippen molar-refractivity contribution in [2.24, 2.45) is 0 Å². The molecule has 3 N–H and O–H groups in total. The van der Waals surface area contributed by atoms with Crippen LogP contribution in [0.5, 0.6) is 5.75 Å². The number of carbonyl (C=O) groups excluding carboxylic acids is 1. The van der Waals surface area contributed by atoms with E-state index in [0.717, 1.165) is 10.9 Å². The SMILES string of the molecule is O=C(N[C@@H](Cc1ccccc1)C(=O)O)c1cc(Br)c2ccccc2c1O. The molecule has 0 spiro atoms. The number of aliphatic carboxylic acids is 1. The van der Waals surface area contributed by atoms with Crippen molar-refractivity contribution in [1.29, 1.82) is 0 Å². The second-order valence-electron chi connectivity index (χ2n) is 5.85. The average Bonchev–Trinajstić information content (AvgIpc) is 2.65. The first-order valence-electron chi connectivity index (χ1n) is 7.95. The summed E-state index contributed by atoms with van der Waals surface area (Å²) in [5.41, 5.74) is 0.819. The van der Waals surface area contributed by atoms with Crippen molar-refractivity contribution >= 4 is 38.6 Å². The van der Waals surface area contributed by atoms with Crippen LogP contribution in [0.1, 0.15) is 15.9 Å². The third-order valence-electron chi connectivity index (χ3n) is 4.10. The molecule has 0 unspecified atom stereocenters. The van der Waals surface area contributed by atoms with Gasteiger partial charge in [0.2, 0.25) is 0 Å². The summed E-state index contributed by atoms with van der Waals surface area (Å²) in [5, 5.41) is 23.7. The van der Waals surface area contributed by atoms with Gasteiger partial charge in [0.15, 0.2) is 0 Å². The van der Waals surface area contributed by atoms with Gasteiger partial charge in [-0.15, -0.1) is 0 Å². The molecule has 0 aliphatic rings. The summed E-state index contributed by atoms with van der Waals surface area (Å²) in [5.74, 6) is -1.95. The lowest BCUT2D eigenvalue weighted by atomic mass is 10.0. The molecule has 6 heteroatoms. The number of carboxylic acids is 1. The van der Waals surface area contributed by atoms with Crippen LogP contribution in [-0.2, 0) is 11.2 Å². The third kappa shape index (κ3) is 3.70. The molecule has 3 aromatic rings. The molecule has 1 atom stereocenters. The molecule has 0 fully saturated rings. The Morgan fingerprint density at radius 3 is 2.27 bits per heavy atom. The molecular weight excluding hydrogens is 398 g/mol. The fourth-order valence-corrected chi connectivity index (χ4v) is 3.35. The van der Waals surface area contributed by atoms with Gasteiger partial charge in [0.1, 0.15) is 11.8 Å². The van der Waals surface area contributed by atoms with Gasteiger partial charge in [0, 0.05) is 16.3 Å². The molecule has 1 amide bonds. The zero-order valence-corrected chi connectivity index (χ0v) is 15.2. The summed E-state index contributed by atoms with van der Waals surface area (Å²) in [6.45, 7) is 0. The van der Waals surface area contributed by atoms with Gasteiger partial charge in [0.05, 0.1) is 5.56 Å². The summed E-state index contributed by atoms with van der Waals surface area (Å²) >= 11 is 3.39. The van der Waals surface area contributed by atoms with Crippen LogP contribution in [-0.4, -0.2) is 28.1 Å². The van der Waals surface area contributed by atoms with Gasteiger partial charge in [0.25, 0.3) is 5.91 Å². The van der Waals surface area contributed by atoms with Crippen molar-refractivity contribution in [2.75, 3.05) is 0 Å². The molecule has 0 radical (unpaired) electrons. The molecule has 3 rings (SSSR count). The van der Waals surface area contributed by atoms with Crippen LogP contribution in [0.4, 0.5) is 0 Å². The number of carboxylic acid groups (broad SMARTS) is 1. The third-order valence-corrected chi connectivity index (χ3v) is 4.75. The average molecular weight is 414 g/mol. The normalized spacial score (nSPS) is 11.9. The topological polar surface area (TPSA) is 86.6 Å². The van der Waals surface area contributed by atoms with E-state index in [9.17, 15) is 19.8 Å². The number of carbonyl (C=O) groups is 2. The number of amides is 1. The van der Waals surface area contributed by atoms with Crippen LogP contribution in [0.2, 0.25) is 0 Å². The number of benzene rings is 3. The summed E-state index contributed by atoms with van der Waals surface area (Å²) in [4.78, 5) is 24.2. The first-order chi connectivity index (χ1) is 12.5. The van der Waals surface area contributed by atoms with Crippen LogP contribution in [0.15, 0.2) is 65.1 Å². The first kappa shape index (κ1) is 17.9. The van der Waals surface area contributed by atoms with Gasteiger partial charge in [-0.1, -0.05) is 70.5 Å². The highest BCUT2D eigenvalue weighted by molar-refractivity contribution is 9.10. The predicted octanol–water partition coefficient (Wildman–Crippen LogP) is 3.73. The van der Waals surface area contributed by atoms with Gasteiger partial charge < -0.3 is 15.5 Å². The van der Waals surface area contributed by atoms with Crippen molar-refractivity contribution in [1.82, 2.24) is 5.32 Å². The van der Waals surface area contributed by atoms with Gasteiger partial charge >= 0.3 is 5.97 Å². The Hall–Kier alpha value is -2.86. The monoisotopic (exact) mass is 413 g/mol. The molecule has 0 saturated heterocycles. The Morgan fingerprint density at radius 2 is 1.62 bits per heavy atom. The Kier molecular flexibility index (Phi) is 5.23. The zero-order valence-electron chi connectivity index (χ0n) is 13.6. The highest BCUT2D eigenvalue weighted by Crippen LogP contribution is 2.34. The Bertz CT molecular complexity index is 972. The van der Waals surface area contributed by atoms with Crippen LogP contribution < -0.4 is 5.32 Å². The van der Waals surface area contributed by atoms with Crippen LogP contribution in [0, 0.1) is 0 Å². The maximum absolute atomic E-state index is 12.6. The van der Waals surface area contributed by atoms with Crippen LogP contribution >= 0.6 is 15.9 Å². The largest absolute Gasteiger partial charge is 0.506 e. The number of hydrogen-bond acceptors (Lipinski definition) is 3. The first-order valence-corrected chi connectivity index (χ1v) is 8.74. The zero-order chi connectivity index (χ0) is 18.7. The van der Waals surface area contributed by atoms with E-state index in [-0.39, 0.29) is 17.7 Å². The van der Waals surface area contributed by atoms with Crippen LogP contribution in [0.25, 0.3) is 10.8 Å². The molecule has 0 heterocycles. The summed E-state index contributed by atoms with van der Waals surface area (Å²) in [6.07, 6.45) is 0.150. The van der Waals surface area contributed by atoms with Crippen molar-refractivity contribution in [3.63, 3.8) is 0 Å². The van der Waals surface area contributed by atoms with Crippen molar-refractivity contribution in [2.45, 2.75) is 12.5 Å². The molecule has 0 aliphatic carbocycles. The minimum Gasteiger partial charge on any atom is -0.506 e. The number of phenolic OH excluding ortho intramolecular Hbond substituents is 1. The quantitative estimate of drug-likeness (QED) is 0.594. The Balaban J connectivity index is 1.89. The molecule has 5 nitrogen and oxygen atoms in total. The van der Waals surface area contributed by atoms with Crippen molar-refractivity contribution in [3.05, 3.63) is 76.3 Å². The van der Waals surface area contributed by atoms with E-state index in [0.29, 0.717) is 9.86 Å². The van der Waals surface area contributed by atoms with E-state index < -0.39 is 17.9 Å². The van der Waals surface area contributed by atoms with E-state index in [2.05, 4.69) is 21.2 Å². The lowest BCUT2D eigenvalue weighted by Gasteiger charge is -2.16. The minimum absolute atomic E-state index is 0.0230. The maximum atomic E-state index is 12.6. The fraction of sp³-hybridized carbons (Fsp3) is 0.100. The van der Waals surface area contributed by atoms with E-state index >= 15 is 0 Å². The van der Waals surface area contributed by atoms with E-state index in [4.69, 9.17) is 0 Å². The predicted molar refractivity (Wildman–Crippen MR) is 102 cm³/mol. The molecular formula is C20H16BrNO4. The highest BCUT2D eigenvalue weighted by Gasteiger charge is 2.23. The van der Waals surface area contributed by atoms with Gasteiger partial charge in [-0.25, -0.2) is 4.79 Å². The molecule has 3 aromatic carbocycles. The maximum Gasteiger partial charge on any atom is 0.326 e. The van der Waals surface area contributed by atoms with Gasteiger partial charge in [-0.2, -0.15) is 0 Å². The highest BCUT2D eigenvalue weighted by atomic mass is 79.9. The molecule has 0 bridgehead atoms. The number of nitrogens with one attached hydrogen (secondary N) is 1. The number of phenols is 1. The standard InChI is InChI=1S/C20H16BrNO4/c21-16-11-15(18(23)14-9-5-4-8-13(14)16)19(24)22-17(20(25)26)10-12-6-2-1-3-7-12/h1-9,11,17,23H,10H2,(H,22,24)(H,25,26)/t17-/m0/s1. The lowest BCUT2D eigenvalue weighted by Crippen LogP contribution is -2.42. The van der Waals surface area contributed by atoms with E-state index in [1.807, 2.05) is 30.3 Å².